The first kappa shape index (κ1) is 32.0. The molecule has 1 aromatic carbocycles. The van der Waals surface area contributed by atoms with E-state index in [4.69, 9.17) is 4.74 Å². The number of hydrogen-bond acceptors (Lipinski definition) is 9. The maximum atomic E-state index is 14.3. The predicted molar refractivity (Wildman–Crippen MR) is 161 cm³/mol. The summed E-state index contributed by atoms with van der Waals surface area (Å²) >= 11 is 0. The molecule has 0 radical (unpaired) electrons. The van der Waals surface area contributed by atoms with E-state index < -0.39 is 5.82 Å². The fraction of sp³-hybridized carbons (Fsp3) is 0.677. The van der Waals surface area contributed by atoms with Crippen LogP contribution in [0, 0.1) is 17.2 Å². The second kappa shape index (κ2) is 13.6. The van der Waals surface area contributed by atoms with E-state index in [1.807, 2.05) is 27.8 Å². The maximum Gasteiger partial charge on any atom is 0.282 e. The zero-order chi connectivity index (χ0) is 30.6. The van der Waals surface area contributed by atoms with Crippen molar-refractivity contribution in [1.29, 1.82) is 0 Å². The Bertz CT molecular complexity index is 1210. The summed E-state index contributed by atoms with van der Waals surface area (Å²) in [4.78, 5) is 26.3. The molecule has 4 rings (SSSR count). The number of aromatic nitrogens is 3. The van der Waals surface area contributed by atoms with Crippen molar-refractivity contribution < 1.29 is 19.0 Å². The summed E-state index contributed by atoms with van der Waals surface area (Å²) in [5, 5.41) is 18.9. The van der Waals surface area contributed by atoms with Gasteiger partial charge in [-0.15, -0.1) is 10.2 Å². The van der Waals surface area contributed by atoms with Gasteiger partial charge in [0.2, 0.25) is 0 Å². The summed E-state index contributed by atoms with van der Waals surface area (Å²) in [6.07, 6.45) is 2.83. The van der Waals surface area contributed by atoms with Crippen LogP contribution in [0.15, 0.2) is 24.5 Å². The highest BCUT2D eigenvalue weighted by Crippen LogP contribution is 2.44. The number of nitrogens with zero attached hydrogens (tertiary/aromatic N) is 7. The summed E-state index contributed by atoms with van der Waals surface area (Å²) in [7, 11) is 2.04. The third kappa shape index (κ3) is 7.18. The van der Waals surface area contributed by atoms with Crippen molar-refractivity contribution in [2.45, 2.75) is 72.6 Å². The third-order valence-electron chi connectivity index (χ3n) is 8.80. The quantitative estimate of drug-likeness (QED) is 0.375. The van der Waals surface area contributed by atoms with Crippen LogP contribution in [-0.2, 0) is 0 Å². The average molecular weight is 586 g/mol. The topological polar surface area (TPSA) is 98.2 Å². The number of anilines is 1. The Morgan fingerprint density at radius 3 is 2.55 bits per heavy atom. The minimum Gasteiger partial charge on any atom is -0.434 e. The molecule has 42 heavy (non-hydrogen) atoms. The van der Waals surface area contributed by atoms with Gasteiger partial charge in [0.25, 0.3) is 11.8 Å². The highest BCUT2D eigenvalue weighted by Gasteiger charge is 2.50. The van der Waals surface area contributed by atoms with Crippen LogP contribution in [0.1, 0.15) is 64.7 Å². The molecule has 2 aliphatic rings. The molecular formula is C31H48FN7O3. The number of likely N-dealkylation sites (tertiary alicyclic amines) is 1. The molecule has 232 valence electrons. The van der Waals surface area contributed by atoms with E-state index in [2.05, 4.69) is 50.7 Å². The van der Waals surface area contributed by atoms with E-state index >= 15 is 0 Å². The van der Waals surface area contributed by atoms with Crippen molar-refractivity contribution in [3.8, 4) is 11.6 Å². The summed E-state index contributed by atoms with van der Waals surface area (Å²) in [5.74, 6) is 0.615. The van der Waals surface area contributed by atoms with E-state index in [9.17, 15) is 14.3 Å². The van der Waals surface area contributed by atoms with Crippen molar-refractivity contribution >= 4 is 11.7 Å². The average Bonchev–Trinajstić information content (AvgIpc) is 3.38. The number of carbonyl (C=O) groups excluding carboxylic acids is 1. The highest BCUT2D eigenvalue weighted by molar-refractivity contribution is 5.97. The van der Waals surface area contributed by atoms with Crippen LogP contribution in [0.2, 0.25) is 0 Å². The van der Waals surface area contributed by atoms with Crippen LogP contribution in [0.4, 0.5) is 10.2 Å². The highest BCUT2D eigenvalue weighted by atomic mass is 19.1. The van der Waals surface area contributed by atoms with Crippen molar-refractivity contribution in [3.63, 3.8) is 0 Å². The lowest BCUT2D eigenvalue weighted by Crippen LogP contribution is -2.62. The summed E-state index contributed by atoms with van der Waals surface area (Å²) < 4.78 is 20.4. The van der Waals surface area contributed by atoms with Gasteiger partial charge in [-0.05, 0) is 71.3 Å². The van der Waals surface area contributed by atoms with Crippen LogP contribution in [0.25, 0.3) is 0 Å². The molecule has 3 heterocycles. The fourth-order valence-electron chi connectivity index (χ4n) is 6.41. The van der Waals surface area contributed by atoms with Crippen LogP contribution in [0.3, 0.4) is 0 Å². The number of benzene rings is 1. The molecule has 2 aromatic rings. The van der Waals surface area contributed by atoms with Gasteiger partial charge in [-0.25, -0.2) is 9.37 Å². The van der Waals surface area contributed by atoms with Crippen molar-refractivity contribution in [3.05, 3.63) is 35.9 Å². The van der Waals surface area contributed by atoms with E-state index in [1.165, 1.54) is 24.5 Å². The Morgan fingerprint density at radius 1 is 1.17 bits per heavy atom. The number of amides is 1. The van der Waals surface area contributed by atoms with E-state index in [-0.39, 0.29) is 40.7 Å². The molecule has 1 amide bonds. The summed E-state index contributed by atoms with van der Waals surface area (Å²) in [6, 6.07) is 4.22. The number of hydrogen-bond donors (Lipinski definition) is 1. The van der Waals surface area contributed by atoms with Crippen LogP contribution in [0.5, 0.6) is 11.6 Å². The predicted octanol–water partition coefficient (Wildman–Crippen LogP) is 3.91. The number of aliphatic hydroxyl groups excluding tert-OH is 1. The molecule has 2 fully saturated rings. The second-order valence-corrected chi connectivity index (χ2v) is 12.6. The van der Waals surface area contributed by atoms with Gasteiger partial charge in [-0.1, -0.05) is 20.8 Å². The van der Waals surface area contributed by atoms with Crippen LogP contribution >= 0.6 is 0 Å². The molecule has 0 aliphatic carbocycles. The van der Waals surface area contributed by atoms with Crippen LogP contribution < -0.4 is 9.64 Å². The zero-order valence-electron chi connectivity index (χ0n) is 26.3. The van der Waals surface area contributed by atoms with Gasteiger partial charge >= 0.3 is 0 Å². The lowest BCUT2D eigenvalue weighted by atomic mass is 9.76. The number of aliphatic hydroxyl groups is 1. The number of rotatable bonds is 13. The number of halogens is 1. The first-order chi connectivity index (χ1) is 20.0. The third-order valence-corrected chi connectivity index (χ3v) is 8.80. The molecule has 2 saturated heterocycles. The van der Waals surface area contributed by atoms with Crippen molar-refractivity contribution in [2.75, 3.05) is 57.8 Å². The Balaban J connectivity index is 1.46. The van der Waals surface area contributed by atoms with Gasteiger partial charge in [0.05, 0.1) is 11.7 Å². The smallest absolute Gasteiger partial charge is 0.282 e. The Hall–Kier alpha value is -2.89. The number of likely N-dealkylation sites (N-methyl/N-ethyl adjacent to an activating group) is 1. The van der Waals surface area contributed by atoms with Crippen molar-refractivity contribution in [1.82, 2.24) is 29.9 Å². The normalized spacial score (nSPS) is 18.1. The molecule has 1 N–H and O–H groups in total. The van der Waals surface area contributed by atoms with Gasteiger partial charge in [0.15, 0.2) is 5.82 Å². The Kier molecular flexibility index (Phi) is 10.4. The van der Waals surface area contributed by atoms with Gasteiger partial charge in [0.1, 0.15) is 17.9 Å². The SMILES string of the molecule is CCN(C)C[C@@H](O)CC(C(C)C)N1CC2(CCN(c3ncnnc3Oc3ccc(F)cc3C(=O)N(CC)C(C)C)C2)C1. The van der Waals surface area contributed by atoms with Crippen molar-refractivity contribution in [2.24, 2.45) is 11.3 Å². The minimum absolute atomic E-state index is 0.0496. The lowest BCUT2D eigenvalue weighted by molar-refractivity contribution is -0.0480. The molecule has 1 unspecified atom stereocenters. The Labute approximate surface area is 249 Å². The number of carbonyl (C=O) groups is 1. The zero-order valence-corrected chi connectivity index (χ0v) is 26.3. The second-order valence-electron chi connectivity index (χ2n) is 12.6. The minimum atomic E-state index is -0.511. The summed E-state index contributed by atoms with van der Waals surface area (Å²) in [5.41, 5.74) is 0.276. The molecule has 2 atom stereocenters. The molecule has 2 aliphatic heterocycles. The molecule has 0 bridgehead atoms. The van der Waals surface area contributed by atoms with E-state index in [1.54, 1.807) is 4.90 Å². The molecular weight excluding hydrogens is 537 g/mol. The van der Waals surface area contributed by atoms with Gasteiger partial charge < -0.3 is 24.5 Å². The van der Waals surface area contributed by atoms with Crippen LogP contribution in [-0.4, -0.2) is 112 Å². The van der Waals surface area contributed by atoms with Gasteiger partial charge in [-0.2, -0.15) is 0 Å². The monoisotopic (exact) mass is 585 g/mol. The molecule has 10 nitrogen and oxygen atoms in total. The number of ether oxygens (including phenoxy) is 1. The molecule has 1 aromatic heterocycles. The Morgan fingerprint density at radius 2 is 1.90 bits per heavy atom. The standard InChI is InChI=1S/C31H48FN7O3/c1-8-36(7)16-24(40)15-26(21(3)4)38-18-31(19-38)12-13-37(17-31)28-29(35-34-20-33-28)42-27-11-10-23(32)14-25(27)30(41)39(9-2)22(5)6/h10-11,14,20-22,24,26,40H,8-9,12-13,15-19H2,1-7H3/t24-,26?/m0/s1. The fourth-order valence-corrected chi connectivity index (χ4v) is 6.41. The van der Waals surface area contributed by atoms with Gasteiger partial charge in [-0.3, -0.25) is 9.69 Å². The lowest BCUT2D eigenvalue weighted by Gasteiger charge is -2.53. The molecule has 0 saturated carbocycles. The first-order valence-electron chi connectivity index (χ1n) is 15.3. The largest absolute Gasteiger partial charge is 0.434 e. The maximum absolute atomic E-state index is 14.3. The summed E-state index contributed by atoms with van der Waals surface area (Å²) in [6.45, 7) is 17.9. The molecule has 1 spiro atoms. The first-order valence-corrected chi connectivity index (χ1v) is 15.3. The van der Waals surface area contributed by atoms with Gasteiger partial charge in [0, 0.05) is 56.8 Å². The van der Waals surface area contributed by atoms with E-state index in [0.717, 1.165) is 45.6 Å². The molecule has 11 heteroatoms. The van der Waals surface area contributed by atoms with E-state index in [0.29, 0.717) is 30.9 Å².